The quantitative estimate of drug-likeness (QED) is 0.437. The fourth-order valence-electron chi connectivity index (χ4n) is 3.31. The Balaban J connectivity index is 1.95. The van der Waals surface area contributed by atoms with Gasteiger partial charge in [0.15, 0.2) is 5.78 Å². The van der Waals surface area contributed by atoms with Crippen LogP contribution in [0.25, 0.3) is 5.65 Å². The van der Waals surface area contributed by atoms with Crippen LogP contribution >= 0.6 is 0 Å². The van der Waals surface area contributed by atoms with E-state index in [-0.39, 0.29) is 35.9 Å². The molecule has 0 bridgehead atoms. The molecule has 0 radical (unpaired) electrons. The molecule has 0 aliphatic heterocycles. The monoisotopic (exact) mass is 424 g/mol. The van der Waals surface area contributed by atoms with E-state index in [0.29, 0.717) is 28.9 Å². The summed E-state index contributed by atoms with van der Waals surface area (Å²) in [4.78, 5) is 40.6. The number of fused-ring (bicyclic) bond motifs is 1. The van der Waals surface area contributed by atoms with Gasteiger partial charge < -0.3 is 14.6 Å². The van der Waals surface area contributed by atoms with Gasteiger partial charge in [0.25, 0.3) is 5.56 Å². The van der Waals surface area contributed by atoms with Gasteiger partial charge in [-0.25, -0.2) is 9.78 Å². The molecule has 0 saturated heterocycles. The van der Waals surface area contributed by atoms with E-state index in [2.05, 4.69) is 4.98 Å². The number of aromatic hydroxyl groups is 1. The molecule has 2 aromatic heterocycles. The molecular formula is C23H24N2O6. The first kappa shape index (κ1) is 22.0. The molecular weight excluding hydrogens is 400 g/mol. The summed E-state index contributed by atoms with van der Waals surface area (Å²) in [6.45, 7) is 5.25. The number of rotatable bonds is 8. The first-order chi connectivity index (χ1) is 14.9. The number of phenolic OH excluding ortho intramolecular Hbond substituents is 1. The normalized spacial score (nSPS) is 10.8. The van der Waals surface area contributed by atoms with E-state index in [1.54, 1.807) is 25.1 Å². The highest BCUT2D eigenvalue weighted by atomic mass is 16.5. The standard InChI is InChI=1S/C23H24N2O6/c1-4-7-17-19(10-9-16(14(3)26)20(17)27)31-13-15-8-6-11-25-21(15)24-12-18(22(25)28)23(29)30-5-2/h6,8-12,27H,4-5,7,13H2,1-3H3. The molecule has 1 aromatic carbocycles. The van der Waals surface area contributed by atoms with Crippen molar-refractivity contribution >= 4 is 17.4 Å². The van der Waals surface area contributed by atoms with Gasteiger partial charge in [0, 0.05) is 23.5 Å². The van der Waals surface area contributed by atoms with Crippen LogP contribution < -0.4 is 10.3 Å². The van der Waals surface area contributed by atoms with Crippen LogP contribution in [0.2, 0.25) is 0 Å². The highest BCUT2D eigenvalue weighted by molar-refractivity contribution is 5.97. The number of phenols is 1. The number of Topliss-reactive ketones (excluding diaryl/α,β-unsaturated/α-hetero) is 1. The van der Waals surface area contributed by atoms with Gasteiger partial charge >= 0.3 is 5.97 Å². The Morgan fingerprint density at radius 2 is 1.94 bits per heavy atom. The van der Waals surface area contributed by atoms with Crippen molar-refractivity contribution in [3.63, 3.8) is 0 Å². The molecule has 0 amide bonds. The lowest BCUT2D eigenvalue weighted by Crippen LogP contribution is -2.24. The molecule has 0 aliphatic rings. The summed E-state index contributed by atoms with van der Waals surface area (Å²) in [6.07, 6.45) is 4.02. The Morgan fingerprint density at radius 3 is 2.61 bits per heavy atom. The summed E-state index contributed by atoms with van der Waals surface area (Å²) in [7, 11) is 0. The number of pyridine rings is 1. The third-order valence-corrected chi connectivity index (χ3v) is 4.81. The summed E-state index contributed by atoms with van der Waals surface area (Å²) in [5.74, 6) is -0.562. The summed E-state index contributed by atoms with van der Waals surface area (Å²) < 4.78 is 12.1. The van der Waals surface area contributed by atoms with Gasteiger partial charge in [0.05, 0.1) is 12.2 Å². The van der Waals surface area contributed by atoms with E-state index in [4.69, 9.17) is 9.47 Å². The summed E-state index contributed by atoms with van der Waals surface area (Å²) in [5.41, 5.74) is 1.11. The predicted molar refractivity (Wildman–Crippen MR) is 114 cm³/mol. The molecule has 0 atom stereocenters. The lowest BCUT2D eigenvalue weighted by atomic mass is 10.0. The Labute approximate surface area is 179 Å². The fourth-order valence-corrected chi connectivity index (χ4v) is 3.31. The number of ketones is 1. The number of hydrogen-bond acceptors (Lipinski definition) is 7. The van der Waals surface area contributed by atoms with Gasteiger partial charge in [-0.2, -0.15) is 0 Å². The average molecular weight is 424 g/mol. The Bertz CT molecular complexity index is 1200. The minimum atomic E-state index is -0.721. The van der Waals surface area contributed by atoms with E-state index < -0.39 is 11.5 Å². The average Bonchev–Trinajstić information content (AvgIpc) is 2.74. The van der Waals surface area contributed by atoms with Crippen molar-refractivity contribution in [2.45, 2.75) is 40.2 Å². The molecule has 8 nitrogen and oxygen atoms in total. The van der Waals surface area contributed by atoms with Crippen molar-refractivity contribution in [3.8, 4) is 11.5 Å². The Kier molecular flexibility index (Phi) is 6.69. The lowest BCUT2D eigenvalue weighted by Gasteiger charge is -2.15. The van der Waals surface area contributed by atoms with E-state index in [0.717, 1.165) is 6.42 Å². The van der Waals surface area contributed by atoms with Gasteiger partial charge in [-0.05, 0) is 38.5 Å². The van der Waals surface area contributed by atoms with Crippen LogP contribution in [-0.4, -0.2) is 32.9 Å². The second-order valence-corrected chi connectivity index (χ2v) is 6.96. The third kappa shape index (κ3) is 4.42. The molecule has 0 saturated carbocycles. The maximum absolute atomic E-state index is 12.7. The number of aromatic nitrogens is 2. The van der Waals surface area contributed by atoms with Crippen LogP contribution in [0.4, 0.5) is 0 Å². The number of carbonyl (C=O) groups is 2. The summed E-state index contributed by atoms with van der Waals surface area (Å²) in [5, 5.41) is 10.5. The van der Waals surface area contributed by atoms with E-state index in [1.165, 1.54) is 29.8 Å². The van der Waals surface area contributed by atoms with E-state index in [9.17, 15) is 19.5 Å². The number of nitrogens with zero attached hydrogens (tertiary/aromatic N) is 2. The van der Waals surface area contributed by atoms with Crippen molar-refractivity contribution in [1.29, 1.82) is 0 Å². The van der Waals surface area contributed by atoms with Crippen LogP contribution in [0.3, 0.4) is 0 Å². The topological polar surface area (TPSA) is 107 Å². The van der Waals surface area contributed by atoms with E-state index >= 15 is 0 Å². The minimum Gasteiger partial charge on any atom is -0.507 e. The largest absolute Gasteiger partial charge is 0.507 e. The molecule has 0 unspecified atom stereocenters. The van der Waals surface area contributed by atoms with Gasteiger partial charge in [-0.1, -0.05) is 19.4 Å². The fraction of sp³-hybridized carbons (Fsp3) is 0.304. The molecule has 31 heavy (non-hydrogen) atoms. The van der Waals surface area contributed by atoms with Crippen molar-refractivity contribution in [2.24, 2.45) is 0 Å². The zero-order valence-corrected chi connectivity index (χ0v) is 17.7. The minimum absolute atomic E-state index is 0.0711. The SMILES string of the molecule is CCCc1c(OCc2cccn3c(=O)c(C(=O)OCC)cnc23)ccc(C(C)=O)c1O. The van der Waals surface area contributed by atoms with Crippen molar-refractivity contribution < 1.29 is 24.2 Å². The first-order valence-corrected chi connectivity index (χ1v) is 10.0. The van der Waals surface area contributed by atoms with Crippen molar-refractivity contribution in [3.05, 3.63) is 69.3 Å². The van der Waals surface area contributed by atoms with Gasteiger partial charge in [0.1, 0.15) is 29.3 Å². The number of benzene rings is 1. The highest BCUT2D eigenvalue weighted by Crippen LogP contribution is 2.33. The molecule has 8 heteroatoms. The number of carbonyl (C=O) groups excluding carboxylic acids is 2. The maximum Gasteiger partial charge on any atom is 0.345 e. The Hall–Kier alpha value is -3.68. The van der Waals surface area contributed by atoms with Gasteiger partial charge in [-0.15, -0.1) is 0 Å². The third-order valence-electron chi connectivity index (χ3n) is 4.81. The van der Waals surface area contributed by atoms with Crippen molar-refractivity contribution in [2.75, 3.05) is 6.61 Å². The Morgan fingerprint density at radius 1 is 1.16 bits per heavy atom. The zero-order chi connectivity index (χ0) is 22.5. The lowest BCUT2D eigenvalue weighted by molar-refractivity contribution is 0.0523. The van der Waals surface area contributed by atoms with Crippen molar-refractivity contribution in [1.82, 2.24) is 9.38 Å². The predicted octanol–water partition coefficient (Wildman–Crippen LogP) is 3.31. The highest BCUT2D eigenvalue weighted by Gasteiger charge is 2.18. The molecule has 1 N–H and O–H groups in total. The van der Waals surface area contributed by atoms with Crippen LogP contribution in [-0.2, 0) is 17.8 Å². The first-order valence-electron chi connectivity index (χ1n) is 10.0. The summed E-state index contributed by atoms with van der Waals surface area (Å²) in [6, 6.07) is 6.61. The maximum atomic E-state index is 12.7. The van der Waals surface area contributed by atoms with Crippen LogP contribution in [0.15, 0.2) is 41.5 Å². The van der Waals surface area contributed by atoms with Gasteiger partial charge in [-0.3, -0.25) is 14.0 Å². The molecule has 162 valence electrons. The van der Waals surface area contributed by atoms with Crippen LogP contribution in [0.1, 0.15) is 59.0 Å². The molecule has 2 heterocycles. The van der Waals surface area contributed by atoms with Gasteiger partial charge in [0.2, 0.25) is 0 Å². The van der Waals surface area contributed by atoms with E-state index in [1.807, 2.05) is 6.92 Å². The summed E-state index contributed by atoms with van der Waals surface area (Å²) >= 11 is 0. The molecule has 0 spiro atoms. The molecule has 3 rings (SSSR count). The number of esters is 1. The van der Waals surface area contributed by atoms with Crippen LogP contribution in [0, 0.1) is 0 Å². The molecule has 0 aliphatic carbocycles. The molecule has 3 aromatic rings. The number of ether oxygens (including phenoxy) is 2. The smallest absolute Gasteiger partial charge is 0.345 e. The second-order valence-electron chi connectivity index (χ2n) is 6.96. The number of hydrogen-bond donors (Lipinski definition) is 1. The molecule has 0 fully saturated rings. The zero-order valence-electron chi connectivity index (χ0n) is 17.7. The second kappa shape index (κ2) is 9.42. The van der Waals surface area contributed by atoms with Crippen LogP contribution in [0.5, 0.6) is 11.5 Å².